The zero-order valence-corrected chi connectivity index (χ0v) is 17.8. The van der Waals surface area contributed by atoms with Crippen LogP contribution in [0.2, 0.25) is 5.02 Å². The van der Waals surface area contributed by atoms with E-state index in [0.717, 1.165) is 16.1 Å². The van der Waals surface area contributed by atoms with Crippen molar-refractivity contribution < 1.29 is 9.53 Å². The fourth-order valence-electron chi connectivity index (χ4n) is 2.60. The van der Waals surface area contributed by atoms with Gasteiger partial charge < -0.3 is 9.64 Å². The van der Waals surface area contributed by atoms with Crippen molar-refractivity contribution in [3.05, 3.63) is 40.5 Å². The number of aryl methyl sites for hydroxylation is 2. The maximum absolute atomic E-state index is 12.2. The molecule has 0 N–H and O–H groups in total. The van der Waals surface area contributed by atoms with E-state index in [1.807, 2.05) is 44.1 Å². The van der Waals surface area contributed by atoms with Crippen LogP contribution < -0.4 is 0 Å². The zero-order valence-electron chi connectivity index (χ0n) is 16.3. The average molecular weight is 420 g/mol. The van der Waals surface area contributed by atoms with Gasteiger partial charge in [0.15, 0.2) is 5.01 Å². The lowest BCUT2D eigenvalue weighted by Crippen LogP contribution is -2.22. The molecule has 0 fully saturated rings. The van der Waals surface area contributed by atoms with Crippen LogP contribution in [0.5, 0.6) is 0 Å². The number of hydrogen-bond acceptors (Lipinski definition) is 7. The largest absolute Gasteiger partial charge is 0.463 e. The fourth-order valence-corrected chi connectivity index (χ4v) is 3.78. The van der Waals surface area contributed by atoms with Gasteiger partial charge in [-0.05, 0) is 34.0 Å². The first kappa shape index (κ1) is 20.4. The van der Waals surface area contributed by atoms with Crippen LogP contribution in [0.3, 0.4) is 0 Å². The predicted molar refractivity (Wildman–Crippen MR) is 111 cm³/mol. The minimum atomic E-state index is -0.370. The van der Waals surface area contributed by atoms with Gasteiger partial charge in [-0.1, -0.05) is 46.7 Å². The highest BCUT2D eigenvalue weighted by Gasteiger charge is 2.21. The van der Waals surface area contributed by atoms with Gasteiger partial charge in [0, 0.05) is 12.1 Å². The van der Waals surface area contributed by atoms with Crippen molar-refractivity contribution in [3.8, 4) is 21.3 Å². The first-order valence-electron chi connectivity index (χ1n) is 8.79. The van der Waals surface area contributed by atoms with E-state index < -0.39 is 0 Å². The number of nitrogens with zero attached hydrogens (tertiary/aromatic N) is 5. The van der Waals surface area contributed by atoms with Crippen molar-refractivity contribution in [2.45, 2.75) is 20.4 Å². The van der Waals surface area contributed by atoms with Crippen molar-refractivity contribution >= 4 is 28.9 Å². The van der Waals surface area contributed by atoms with E-state index in [-0.39, 0.29) is 12.5 Å². The van der Waals surface area contributed by atoms with Crippen LogP contribution in [0.1, 0.15) is 11.3 Å². The summed E-state index contributed by atoms with van der Waals surface area (Å²) in [5.41, 5.74) is 3.35. The average Bonchev–Trinajstić information content (AvgIpc) is 3.20. The van der Waals surface area contributed by atoms with E-state index in [1.54, 1.807) is 6.92 Å². The first-order chi connectivity index (χ1) is 13.3. The number of aromatic nitrogens is 4. The molecule has 0 aliphatic carbocycles. The number of carbonyl (C=O) groups is 1. The highest BCUT2D eigenvalue weighted by Crippen LogP contribution is 2.35. The molecule has 0 saturated carbocycles. The Morgan fingerprint density at radius 1 is 1.25 bits per heavy atom. The molecular formula is C19H22ClN5O2S. The second-order valence-electron chi connectivity index (χ2n) is 6.71. The Hall–Kier alpha value is -2.29. The summed E-state index contributed by atoms with van der Waals surface area (Å²) in [6.45, 7) is 4.78. The summed E-state index contributed by atoms with van der Waals surface area (Å²) in [4.78, 5) is 14.1. The molecule has 7 nitrogen and oxygen atoms in total. The molecule has 0 aliphatic heterocycles. The summed E-state index contributed by atoms with van der Waals surface area (Å²) in [5.74, 6) is -0.370. The topological polar surface area (TPSA) is 73.1 Å². The Bertz CT molecular complexity index is 983. The second-order valence-corrected chi connectivity index (χ2v) is 8.07. The number of esters is 1. The molecule has 0 bridgehead atoms. The van der Waals surface area contributed by atoms with Crippen LogP contribution in [-0.2, 0) is 16.1 Å². The van der Waals surface area contributed by atoms with E-state index in [0.29, 0.717) is 34.6 Å². The number of ether oxygens (including phenoxy) is 1. The highest BCUT2D eigenvalue weighted by atomic mass is 35.5. The van der Waals surface area contributed by atoms with Crippen molar-refractivity contribution in [1.82, 2.24) is 24.9 Å². The Labute approximate surface area is 172 Å². The first-order valence-corrected chi connectivity index (χ1v) is 9.98. The van der Waals surface area contributed by atoms with Gasteiger partial charge >= 0.3 is 5.97 Å². The monoisotopic (exact) mass is 419 g/mol. The molecule has 148 valence electrons. The van der Waals surface area contributed by atoms with Gasteiger partial charge in [0.2, 0.25) is 0 Å². The number of carbonyl (C=O) groups excluding carboxylic acids is 1. The van der Waals surface area contributed by atoms with E-state index in [9.17, 15) is 4.79 Å². The Kier molecular flexibility index (Phi) is 6.43. The van der Waals surface area contributed by atoms with Crippen LogP contribution in [0.4, 0.5) is 0 Å². The van der Waals surface area contributed by atoms with Gasteiger partial charge in [-0.15, -0.1) is 10.2 Å². The number of benzene rings is 1. The molecule has 2 aromatic heterocycles. The molecule has 0 unspecified atom stereocenters. The van der Waals surface area contributed by atoms with Crippen molar-refractivity contribution in [1.29, 1.82) is 0 Å². The van der Waals surface area contributed by atoms with Crippen molar-refractivity contribution in [2.24, 2.45) is 0 Å². The summed E-state index contributed by atoms with van der Waals surface area (Å²) in [5, 5.41) is 14.8. The van der Waals surface area contributed by atoms with E-state index in [1.165, 1.54) is 16.0 Å². The smallest absolute Gasteiger partial charge is 0.327 e. The fraction of sp³-hybridized carbons (Fsp3) is 0.368. The summed E-state index contributed by atoms with van der Waals surface area (Å²) in [7, 11) is 3.84. The Morgan fingerprint density at radius 2 is 2.00 bits per heavy atom. The summed E-state index contributed by atoms with van der Waals surface area (Å²) in [6.07, 6.45) is 0. The number of likely N-dealkylation sites (N-methyl/N-ethyl adjacent to an activating group) is 1. The summed E-state index contributed by atoms with van der Waals surface area (Å²) < 4.78 is 6.81. The molecule has 2 heterocycles. The predicted octanol–water partition coefficient (Wildman–Crippen LogP) is 3.44. The third-order valence-electron chi connectivity index (χ3n) is 4.03. The van der Waals surface area contributed by atoms with E-state index in [4.69, 9.17) is 16.3 Å². The number of hydrogen-bond donors (Lipinski definition) is 0. The maximum Gasteiger partial charge on any atom is 0.327 e. The zero-order chi connectivity index (χ0) is 20.3. The summed E-state index contributed by atoms with van der Waals surface area (Å²) >= 11 is 7.87. The van der Waals surface area contributed by atoms with Gasteiger partial charge in [0.05, 0.1) is 10.7 Å². The SMILES string of the molecule is Cc1cccc(-c2nnc(-c3c(Cl)c(C)nn3CC(=O)OCCN(C)C)s2)c1. The standard InChI is InChI=1S/C19H22ClN5O2S/c1-12-6-5-7-14(10-12)18-21-22-19(28-18)17-16(20)13(2)23-25(17)11-15(26)27-9-8-24(3)4/h5-7,10H,8-9,11H2,1-4H3. The van der Waals surface area contributed by atoms with Gasteiger partial charge in [0.25, 0.3) is 0 Å². The Balaban J connectivity index is 1.84. The highest BCUT2D eigenvalue weighted by molar-refractivity contribution is 7.18. The van der Waals surface area contributed by atoms with Crippen LogP contribution in [0.15, 0.2) is 24.3 Å². The normalized spacial score (nSPS) is 11.2. The second kappa shape index (κ2) is 8.81. The lowest BCUT2D eigenvalue weighted by molar-refractivity contribution is -0.144. The van der Waals surface area contributed by atoms with Gasteiger partial charge in [-0.2, -0.15) is 5.10 Å². The molecule has 0 spiro atoms. The molecule has 9 heteroatoms. The minimum absolute atomic E-state index is 0.0321. The number of rotatable bonds is 7. The molecule has 28 heavy (non-hydrogen) atoms. The molecule has 3 rings (SSSR count). The molecule has 0 amide bonds. The lowest BCUT2D eigenvalue weighted by Gasteiger charge is -2.10. The molecule has 0 radical (unpaired) electrons. The van der Waals surface area contributed by atoms with E-state index in [2.05, 4.69) is 21.4 Å². The number of halogens is 1. The quantitative estimate of drug-likeness (QED) is 0.546. The molecular weight excluding hydrogens is 398 g/mol. The van der Waals surface area contributed by atoms with Crippen molar-refractivity contribution in [2.75, 3.05) is 27.2 Å². The van der Waals surface area contributed by atoms with Gasteiger partial charge in [-0.3, -0.25) is 4.79 Å². The molecule has 0 saturated heterocycles. The van der Waals surface area contributed by atoms with Gasteiger partial charge in [-0.25, -0.2) is 4.68 Å². The van der Waals surface area contributed by atoms with Crippen LogP contribution >= 0.6 is 22.9 Å². The lowest BCUT2D eigenvalue weighted by atomic mass is 10.1. The van der Waals surface area contributed by atoms with Crippen molar-refractivity contribution in [3.63, 3.8) is 0 Å². The van der Waals surface area contributed by atoms with Crippen LogP contribution in [0.25, 0.3) is 21.3 Å². The van der Waals surface area contributed by atoms with Crippen LogP contribution in [0, 0.1) is 13.8 Å². The van der Waals surface area contributed by atoms with Crippen LogP contribution in [-0.4, -0.2) is 58.1 Å². The Morgan fingerprint density at radius 3 is 2.71 bits per heavy atom. The molecule has 3 aromatic rings. The van der Waals surface area contributed by atoms with E-state index >= 15 is 0 Å². The van der Waals surface area contributed by atoms with Gasteiger partial charge in [0.1, 0.15) is 23.9 Å². The molecule has 0 atom stereocenters. The maximum atomic E-state index is 12.2. The third-order valence-corrected chi connectivity index (χ3v) is 5.46. The molecule has 0 aliphatic rings. The molecule has 1 aromatic carbocycles. The minimum Gasteiger partial charge on any atom is -0.463 e. The third kappa shape index (κ3) is 4.76. The summed E-state index contributed by atoms with van der Waals surface area (Å²) in [6, 6.07) is 8.06.